The number of imide groups is 2. The Kier molecular flexibility index (Phi) is 15.1. The van der Waals surface area contributed by atoms with Gasteiger partial charge in [-0.05, 0) is 101 Å². The lowest BCUT2D eigenvalue weighted by Crippen LogP contribution is -2.40. The van der Waals surface area contributed by atoms with Crippen LogP contribution in [0.25, 0.3) is 43.1 Å². The number of aryl methyl sites for hydroxylation is 2. The molecule has 0 bridgehead atoms. The number of benzene rings is 7. The summed E-state index contributed by atoms with van der Waals surface area (Å²) < 4.78 is 0. The summed E-state index contributed by atoms with van der Waals surface area (Å²) in [6, 6.07) is 26.1. The molecular formula is C60H64Cl2N2O4. The Morgan fingerprint density at radius 3 is 1.03 bits per heavy atom. The molecular weight excluding hydrogens is 884 g/mol. The maximum atomic E-state index is 14.5. The fourth-order valence-corrected chi connectivity index (χ4v) is 11.7. The smallest absolute Gasteiger partial charge is 0.266 e. The third-order valence-corrected chi connectivity index (χ3v) is 15.4. The molecule has 68 heavy (non-hydrogen) atoms. The number of fused-ring (bicyclic) bond motifs is 2. The number of amides is 4. The van der Waals surface area contributed by atoms with Gasteiger partial charge in [-0.25, -0.2) is 9.80 Å². The van der Waals surface area contributed by atoms with Gasteiger partial charge in [0.2, 0.25) is 0 Å². The first-order valence-corrected chi connectivity index (χ1v) is 26.5. The number of hydrogen-bond donors (Lipinski definition) is 0. The number of carbonyl (C=O) groups excluding carboxylic acids is 4. The third kappa shape index (κ3) is 9.28. The first-order chi connectivity index (χ1) is 33.2. The van der Waals surface area contributed by atoms with Crippen LogP contribution in [0.3, 0.4) is 0 Å². The van der Waals surface area contributed by atoms with Crippen molar-refractivity contribution in [3.63, 3.8) is 0 Å². The summed E-state index contributed by atoms with van der Waals surface area (Å²) >= 11 is 14.5. The normalized spacial score (nSPS) is 13.8. The number of carbonyl (C=O) groups is 4. The van der Waals surface area contributed by atoms with Crippen molar-refractivity contribution in [3.8, 4) is 0 Å². The molecule has 8 heteroatoms. The predicted molar refractivity (Wildman–Crippen MR) is 284 cm³/mol. The van der Waals surface area contributed by atoms with Crippen LogP contribution in [0.1, 0.15) is 195 Å². The van der Waals surface area contributed by atoms with Gasteiger partial charge in [-0.1, -0.05) is 189 Å². The highest BCUT2D eigenvalue weighted by Gasteiger charge is 2.39. The summed E-state index contributed by atoms with van der Waals surface area (Å²) in [5.74, 6) is -1.70. The van der Waals surface area contributed by atoms with Gasteiger partial charge in [0.15, 0.2) is 0 Å². The van der Waals surface area contributed by atoms with Crippen molar-refractivity contribution in [1.82, 2.24) is 0 Å². The van der Waals surface area contributed by atoms with Crippen molar-refractivity contribution >= 4 is 101 Å². The van der Waals surface area contributed by atoms with Crippen molar-refractivity contribution in [2.75, 3.05) is 9.80 Å². The SMILES string of the molecule is CCCCCCCCCCCCc1ccc(N2C(=O)c3ccc4c5c(Cl)cc6c7c(cc(Cl)c(c8ccc(c3c48)C2=O)c75)C(=O)N(c2ccc(CCCCCCCCCCCC)cc2)C6=O)cc1. The molecule has 7 aromatic rings. The van der Waals surface area contributed by atoms with Crippen molar-refractivity contribution in [1.29, 1.82) is 0 Å². The average Bonchev–Trinajstić information content (AvgIpc) is 3.34. The second kappa shape index (κ2) is 21.6. The van der Waals surface area contributed by atoms with Gasteiger partial charge in [-0.2, -0.15) is 0 Å². The second-order valence-corrected chi connectivity index (χ2v) is 20.3. The molecule has 0 radical (unpaired) electrons. The minimum Gasteiger partial charge on any atom is -0.268 e. The first-order valence-electron chi connectivity index (χ1n) is 25.8. The van der Waals surface area contributed by atoms with Crippen LogP contribution in [0.2, 0.25) is 10.0 Å². The van der Waals surface area contributed by atoms with Crippen LogP contribution in [0.4, 0.5) is 11.4 Å². The molecule has 6 nitrogen and oxygen atoms in total. The van der Waals surface area contributed by atoms with E-state index >= 15 is 0 Å². The van der Waals surface area contributed by atoms with Crippen molar-refractivity contribution in [3.05, 3.63) is 128 Å². The van der Waals surface area contributed by atoms with E-state index in [9.17, 15) is 19.2 Å². The number of anilines is 2. The van der Waals surface area contributed by atoms with Gasteiger partial charge in [0, 0.05) is 48.1 Å². The molecule has 7 aromatic carbocycles. The lowest BCUT2D eigenvalue weighted by atomic mass is 9.82. The Hall–Kier alpha value is -5.30. The maximum Gasteiger partial charge on any atom is 0.266 e. The highest BCUT2D eigenvalue weighted by Crippen LogP contribution is 2.51. The van der Waals surface area contributed by atoms with E-state index in [0.29, 0.717) is 86.8 Å². The Morgan fingerprint density at radius 2 is 0.662 bits per heavy atom. The first kappa shape index (κ1) is 47.8. The molecule has 4 amide bonds. The van der Waals surface area contributed by atoms with E-state index in [1.165, 1.54) is 137 Å². The van der Waals surface area contributed by atoms with Crippen LogP contribution in [0.5, 0.6) is 0 Å². The second-order valence-electron chi connectivity index (χ2n) is 19.5. The van der Waals surface area contributed by atoms with E-state index in [-0.39, 0.29) is 0 Å². The lowest BCUT2D eigenvalue weighted by Gasteiger charge is -2.31. The maximum absolute atomic E-state index is 14.5. The van der Waals surface area contributed by atoms with Crippen LogP contribution < -0.4 is 9.80 Å². The minimum absolute atomic E-state index is 0.316. The van der Waals surface area contributed by atoms with Gasteiger partial charge >= 0.3 is 0 Å². The fourth-order valence-electron chi connectivity index (χ4n) is 11.1. The molecule has 2 heterocycles. The van der Waals surface area contributed by atoms with Crippen LogP contribution in [0.15, 0.2) is 84.9 Å². The summed E-state index contributed by atoms with van der Waals surface area (Å²) in [4.78, 5) is 60.4. The van der Waals surface area contributed by atoms with Crippen LogP contribution in [-0.4, -0.2) is 23.6 Å². The number of hydrogen-bond acceptors (Lipinski definition) is 4. The molecule has 0 aromatic heterocycles. The molecule has 2 aliphatic heterocycles. The molecule has 0 saturated carbocycles. The zero-order chi connectivity index (χ0) is 47.3. The van der Waals surface area contributed by atoms with Crippen molar-refractivity contribution < 1.29 is 19.2 Å². The summed E-state index contributed by atoms with van der Waals surface area (Å²) in [6.07, 6.45) is 27.6. The van der Waals surface area contributed by atoms with Crippen molar-refractivity contribution in [2.45, 2.75) is 155 Å². The van der Waals surface area contributed by atoms with Gasteiger partial charge in [0.25, 0.3) is 23.6 Å². The topological polar surface area (TPSA) is 74.8 Å². The van der Waals surface area contributed by atoms with Crippen LogP contribution in [0, 0.1) is 0 Å². The van der Waals surface area contributed by atoms with Gasteiger partial charge < -0.3 is 0 Å². The summed E-state index contributed by atoms with van der Waals surface area (Å²) in [6.45, 7) is 4.51. The zero-order valence-corrected chi connectivity index (χ0v) is 41.4. The Labute approximate surface area is 411 Å². The van der Waals surface area contributed by atoms with E-state index in [2.05, 4.69) is 13.8 Å². The van der Waals surface area contributed by atoms with Gasteiger partial charge in [0.1, 0.15) is 0 Å². The highest BCUT2D eigenvalue weighted by atomic mass is 35.5. The molecule has 0 saturated heterocycles. The minimum atomic E-state index is -0.453. The van der Waals surface area contributed by atoms with E-state index in [1.54, 1.807) is 24.3 Å². The quantitative estimate of drug-likeness (QED) is 0.0262. The Morgan fingerprint density at radius 1 is 0.338 bits per heavy atom. The molecule has 0 N–H and O–H groups in total. The molecule has 0 aliphatic carbocycles. The van der Waals surface area contributed by atoms with Gasteiger partial charge in [-0.3, -0.25) is 19.2 Å². The predicted octanol–water partition coefficient (Wildman–Crippen LogP) is 17.6. The molecule has 2 aliphatic rings. The number of halogens is 2. The Balaban J connectivity index is 0.939. The molecule has 0 atom stereocenters. The van der Waals surface area contributed by atoms with E-state index in [4.69, 9.17) is 23.2 Å². The number of unbranched alkanes of at least 4 members (excludes halogenated alkanes) is 18. The fraction of sp³-hybridized carbons (Fsp3) is 0.400. The molecule has 352 valence electrons. The van der Waals surface area contributed by atoms with Crippen LogP contribution >= 0.6 is 23.2 Å². The van der Waals surface area contributed by atoms with Crippen molar-refractivity contribution in [2.24, 2.45) is 0 Å². The molecule has 9 rings (SSSR count). The summed E-state index contributed by atoms with van der Waals surface area (Å²) in [5.41, 5.74) is 4.85. The lowest BCUT2D eigenvalue weighted by molar-refractivity contribution is 0.0877. The standard InChI is InChI=1S/C60H64Cl2N2O4/c1-3-5-7-9-11-13-15-17-19-21-23-39-25-29-41(30-26-39)63-57(65)45-35-33-43-51-44(34-36-46(52(45)51)58(63)66)55-50(62)38-48-53-47(37-49(61)54(43)56(53)55)59(67)64(60(48)68)42-31-27-40(28-32-42)24-22-20-18-16-14-12-10-8-6-4-2/h25-38H,3-24H2,1-2H3. The van der Waals surface area contributed by atoms with E-state index in [1.807, 2.05) is 60.7 Å². The Bertz CT molecular complexity index is 2870. The van der Waals surface area contributed by atoms with Crippen LogP contribution in [-0.2, 0) is 12.8 Å². The molecule has 0 fully saturated rings. The number of rotatable bonds is 24. The largest absolute Gasteiger partial charge is 0.268 e. The average molecular weight is 948 g/mol. The summed E-state index contributed by atoms with van der Waals surface area (Å²) in [5, 5.41) is 5.65. The van der Waals surface area contributed by atoms with Gasteiger partial charge in [0.05, 0.1) is 22.5 Å². The number of nitrogens with zero attached hydrogens (tertiary/aromatic N) is 2. The molecule has 0 unspecified atom stereocenters. The van der Waals surface area contributed by atoms with E-state index < -0.39 is 23.6 Å². The zero-order valence-electron chi connectivity index (χ0n) is 39.9. The highest BCUT2D eigenvalue weighted by molar-refractivity contribution is 6.52. The molecule has 0 spiro atoms. The van der Waals surface area contributed by atoms with E-state index in [0.717, 1.165) is 25.7 Å². The third-order valence-electron chi connectivity index (χ3n) is 14.8. The monoisotopic (exact) mass is 946 g/mol. The summed E-state index contributed by atoms with van der Waals surface area (Å²) in [7, 11) is 0. The van der Waals surface area contributed by atoms with Gasteiger partial charge in [-0.15, -0.1) is 0 Å².